The molecule has 0 atom stereocenters. The van der Waals surface area contributed by atoms with Crippen LogP contribution in [0.3, 0.4) is 0 Å². The first kappa shape index (κ1) is 20.4. The van der Waals surface area contributed by atoms with E-state index in [9.17, 15) is 8.42 Å². The summed E-state index contributed by atoms with van der Waals surface area (Å²) in [4.78, 5) is 10.0. The highest BCUT2D eigenvalue weighted by atomic mass is 32.2. The maximum atomic E-state index is 11.3. The first-order valence-electron chi connectivity index (χ1n) is 8.40. The van der Waals surface area contributed by atoms with Crippen molar-refractivity contribution in [3.63, 3.8) is 0 Å². The summed E-state index contributed by atoms with van der Waals surface area (Å²) in [6.07, 6.45) is 2.10. The van der Waals surface area contributed by atoms with Crippen molar-refractivity contribution >= 4 is 27.1 Å². The van der Waals surface area contributed by atoms with Gasteiger partial charge in [-0.3, -0.25) is 4.99 Å². The molecule has 142 valence electrons. The Labute approximate surface area is 159 Å². The molecule has 6 nitrogen and oxygen atoms in total. The number of hydrogen-bond donors (Lipinski definition) is 2. The molecule has 8 heteroatoms. The predicted molar refractivity (Wildman–Crippen MR) is 108 cm³/mol. The molecule has 0 saturated heterocycles. The molecule has 0 unspecified atom stereocenters. The molecule has 1 heterocycles. The topological polar surface area (TPSA) is 83.4 Å². The van der Waals surface area contributed by atoms with Gasteiger partial charge in [0.25, 0.3) is 0 Å². The third-order valence-electron chi connectivity index (χ3n) is 3.84. The van der Waals surface area contributed by atoms with Gasteiger partial charge in [-0.15, -0.1) is 11.3 Å². The lowest BCUT2D eigenvalue weighted by Crippen LogP contribution is -2.37. The van der Waals surface area contributed by atoms with Crippen LogP contribution < -0.4 is 10.6 Å². The zero-order valence-electron chi connectivity index (χ0n) is 15.7. The average molecular weight is 395 g/mol. The van der Waals surface area contributed by atoms with Crippen LogP contribution >= 0.6 is 11.3 Å². The molecule has 0 fully saturated rings. The third kappa shape index (κ3) is 6.76. The van der Waals surface area contributed by atoms with Gasteiger partial charge in [0.2, 0.25) is 0 Å². The summed E-state index contributed by atoms with van der Waals surface area (Å²) in [6, 6.07) is 7.56. The lowest BCUT2D eigenvalue weighted by atomic mass is 10.1. The van der Waals surface area contributed by atoms with E-state index in [1.807, 2.05) is 31.2 Å². The van der Waals surface area contributed by atoms with Crippen LogP contribution in [-0.4, -0.2) is 39.2 Å². The number of benzene rings is 1. The highest BCUT2D eigenvalue weighted by Gasteiger charge is 2.06. The summed E-state index contributed by atoms with van der Waals surface area (Å²) in [5, 5.41) is 7.67. The average Bonchev–Trinajstić information content (AvgIpc) is 2.89. The molecule has 2 rings (SSSR count). The Morgan fingerprint density at radius 1 is 1.15 bits per heavy atom. The van der Waals surface area contributed by atoms with Crippen molar-refractivity contribution in [3.8, 4) is 0 Å². The largest absolute Gasteiger partial charge is 0.356 e. The lowest BCUT2D eigenvalue weighted by Gasteiger charge is -2.11. The van der Waals surface area contributed by atoms with E-state index < -0.39 is 9.84 Å². The summed E-state index contributed by atoms with van der Waals surface area (Å²) in [6.45, 7) is 5.50. The Morgan fingerprint density at radius 3 is 2.35 bits per heavy atom. The Morgan fingerprint density at radius 2 is 1.81 bits per heavy atom. The highest BCUT2D eigenvalue weighted by Crippen LogP contribution is 2.16. The van der Waals surface area contributed by atoms with Crippen LogP contribution in [0.2, 0.25) is 0 Å². The first-order chi connectivity index (χ1) is 12.3. The highest BCUT2D eigenvalue weighted by molar-refractivity contribution is 7.89. The summed E-state index contributed by atoms with van der Waals surface area (Å²) >= 11 is 1.73. The van der Waals surface area contributed by atoms with Gasteiger partial charge in [-0.1, -0.05) is 24.3 Å². The summed E-state index contributed by atoms with van der Waals surface area (Å²) in [5.41, 5.74) is 2.97. The fourth-order valence-corrected chi connectivity index (χ4v) is 4.13. The van der Waals surface area contributed by atoms with Gasteiger partial charge in [0.15, 0.2) is 15.8 Å². The molecule has 0 saturated carbocycles. The van der Waals surface area contributed by atoms with Gasteiger partial charge in [0.05, 0.1) is 16.5 Å². The fourth-order valence-electron chi connectivity index (χ4n) is 2.40. The third-order valence-corrected chi connectivity index (χ3v) is 5.83. The van der Waals surface area contributed by atoms with Crippen molar-refractivity contribution < 1.29 is 8.42 Å². The second-order valence-corrected chi connectivity index (χ2v) is 9.67. The molecule has 0 amide bonds. The number of aliphatic imine (C=N–C) groups is 1. The zero-order chi connectivity index (χ0) is 19.2. The first-order valence-corrected chi connectivity index (χ1v) is 11.3. The van der Waals surface area contributed by atoms with Gasteiger partial charge in [-0.25, -0.2) is 13.4 Å². The molecule has 0 spiro atoms. The minimum absolute atomic E-state index is 0.0691. The molecule has 1 aromatic carbocycles. The van der Waals surface area contributed by atoms with Crippen molar-refractivity contribution in [1.82, 2.24) is 15.6 Å². The Bertz CT molecular complexity index is 836. The number of aromatic nitrogens is 1. The van der Waals surface area contributed by atoms with Crippen LogP contribution in [0.25, 0.3) is 0 Å². The van der Waals surface area contributed by atoms with Crippen molar-refractivity contribution in [2.45, 2.75) is 32.6 Å². The number of nitrogens with zero attached hydrogens (tertiary/aromatic N) is 2. The molecule has 0 radical (unpaired) electrons. The molecule has 0 aliphatic carbocycles. The molecule has 0 aliphatic heterocycles. The van der Waals surface area contributed by atoms with E-state index in [1.54, 1.807) is 18.4 Å². The van der Waals surface area contributed by atoms with E-state index in [1.165, 1.54) is 11.1 Å². The minimum atomic E-state index is -3.00. The maximum absolute atomic E-state index is 11.3. The van der Waals surface area contributed by atoms with Gasteiger partial charge < -0.3 is 10.6 Å². The van der Waals surface area contributed by atoms with E-state index in [4.69, 9.17) is 0 Å². The van der Waals surface area contributed by atoms with Gasteiger partial charge in [0.1, 0.15) is 0 Å². The van der Waals surface area contributed by atoms with Crippen LogP contribution in [0.4, 0.5) is 0 Å². The van der Waals surface area contributed by atoms with Crippen molar-refractivity contribution in [1.29, 1.82) is 0 Å². The number of thiazole rings is 1. The number of guanidine groups is 1. The van der Waals surface area contributed by atoms with Crippen LogP contribution in [0.15, 0.2) is 29.3 Å². The Balaban J connectivity index is 1.79. The minimum Gasteiger partial charge on any atom is -0.356 e. The second kappa shape index (κ2) is 9.14. The summed E-state index contributed by atoms with van der Waals surface area (Å²) < 4.78 is 22.6. The summed E-state index contributed by atoms with van der Waals surface area (Å²) in [5.74, 6) is 0.801. The molecular weight excluding hydrogens is 368 g/mol. The van der Waals surface area contributed by atoms with Gasteiger partial charge in [-0.2, -0.15) is 0 Å². The smallest absolute Gasteiger partial charge is 0.191 e. The van der Waals surface area contributed by atoms with Crippen molar-refractivity contribution in [2.24, 2.45) is 4.99 Å². The van der Waals surface area contributed by atoms with Crippen molar-refractivity contribution in [3.05, 3.63) is 51.0 Å². The standard InChI is InChI=1S/C18H26N4O2S2/c1-13-14(2)25-17(22-13)9-10-20-18(19-3)21-11-15-5-7-16(8-6-15)12-26(4,23)24/h5-8H,9-12H2,1-4H3,(H2,19,20,21). The molecule has 1 aromatic heterocycles. The predicted octanol–water partition coefficient (Wildman–Crippen LogP) is 2.21. The molecule has 26 heavy (non-hydrogen) atoms. The number of sulfone groups is 1. The maximum Gasteiger partial charge on any atom is 0.191 e. The monoisotopic (exact) mass is 394 g/mol. The number of rotatable bonds is 7. The number of hydrogen-bond acceptors (Lipinski definition) is 5. The van der Waals surface area contributed by atoms with Gasteiger partial charge >= 0.3 is 0 Å². The van der Waals surface area contributed by atoms with E-state index >= 15 is 0 Å². The number of aryl methyl sites for hydroxylation is 2. The van der Waals surface area contributed by atoms with Crippen molar-refractivity contribution in [2.75, 3.05) is 19.8 Å². The molecule has 0 aliphatic rings. The fraction of sp³-hybridized carbons (Fsp3) is 0.444. The number of nitrogens with one attached hydrogen (secondary N) is 2. The Hall–Kier alpha value is -1.93. The molecule has 0 bridgehead atoms. The van der Waals surface area contributed by atoms with Crippen LogP contribution in [-0.2, 0) is 28.6 Å². The van der Waals surface area contributed by atoms with E-state index in [0.717, 1.165) is 40.8 Å². The van der Waals surface area contributed by atoms with Gasteiger partial charge in [-0.05, 0) is 25.0 Å². The zero-order valence-corrected chi connectivity index (χ0v) is 17.3. The SMILES string of the molecule is CN=C(NCCc1nc(C)c(C)s1)NCc1ccc(CS(C)(=O)=O)cc1. The lowest BCUT2D eigenvalue weighted by molar-refractivity contribution is 0.601. The van der Waals surface area contributed by atoms with E-state index in [2.05, 4.69) is 27.5 Å². The normalized spacial score (nSPS) is 12.2. The molecular formula is C18H26N4O2S2. The van der Waals surface area contributed by atoms with E-state index in [-0.39, 0.29) is 5.75 Å². The van der Waals surface area contributed by atoms with E-state index in [0.29, 0.717) is 6.54 Å². The quantitative estimate of drug-likeness (QED) is 0.556. The van der Waals surface area contributed by atoms with Crippen LogP contribution in [0, 0.1) is 13.8 Å². The van der Waals surface area contributed by atoms with Crippen LogP contribution in [0.1, 0.15) is 26.7 Å². The molecule has 2 aromatic rings. The van der Waals surface area contributed by atoms with Gasteiger partial charge in [0, 0.05) is 37.7 Å². The summed E-state index contributed by atoms with van der Waals surface area (Å²) in [7, 11) is -1.26. The van der Waals surface area contributed by atoms with Crippen LogP contribution in [0.5, 0.6) is 0 Å². The Kier molecular flexibility index (Phi) is 7.16. The second-order valence-electron chi connectivity index (χ2n) is 6.24. The molecule has 2 N–H and O–H groups in total.